The third-order valence-electron chi connectivity index (χ3n) is 3.59. The molecule has 2 heteroatoms. The maximum Gasteiger partial charge on any atom is 0.196 e. The van der Waals surface area contributed by atoms with Gasteiger partial charge in [-0.05, 0) is 50.7 Å². The molecule has 0 radical (unpaired) electrons. The van der Waals surface area contributed by atoms with E-state index in [9.17, 15) is 4.79 Å². The molecule has 0 saturated heterocycles. The molecule has 2 rings (SSSR count). The van der Waals surface area contributed by atoms with Gasteiger partial charge in [0, 0.05) is 10.8 Å². The molecule has 92 valence electrons. The van der Waals surface area contributed by atoms with Crippen molar-refractivity contribution >= 4 is 16.9 Å². The summed E-state index contributed by atoms with van der Waals surface area (Å²) in [5, 5.41) is 0.362. The van der Waals surface area contributed by atoms with Crippen LogP contribution in [0.1, 0.15) is 38.2 Å². The first-order valence-electron chi connectivity index (χ1n) is 6.43. The Morgan fingerprint density at radius 2 is 1.71 bits per heavy atom. The number of aryl methyl sites for hydroxylation is 1. The summed E-state index contributed by atoms with van der Waals surface area (Å²) in [6.45, 7) is 4.35. The quantitative estimate of drug-likeness (QED) is 0.720. The number of benzene rings is 1. The monoisotopic (exact) mass is 248 g/mol. The average Bonchev–Trinajstić information content (AvgIpc) is 2.33. The molecule has 1 fully saturated rings. The van der Waals surface area contributed by atoms with Crippen LogP contribution in [0.15, 0.2) is 29.2 Å². The predicted octanol–water partition coefficient (Wildman–Crippen LogP) is 4.44. The highest BCUT2D eigenvalue weighted by atomic mass is 32.2. The van der Waals surface area contributed by atoms with Crippen LogP contribution in [0.5, 0.6) is 0 Å². The van der Waals surface area contributed by atoms with E-state index in [1.165, 1.54) is 30.2 Å². The van der Waals surface area contributed by atoms with Crippen LogP contribution in [0.25, 0.3) is 0 Å². The second-order valence-electron chi connectivity index (χ2n) is 5.19. The fraction of sp³-hybridized carbons (Fsp3) is 0.533. The first kappa shape index (κ1) is 12.7. The van der Waals surface area contributed by atoms with Gasteiger partial charge in [-0.2, -0.15) is 0 Å². The molecule has 1 aromatic carbocycles. The molecule has 0 heterocycles. The highest BCUT2D eigenvalue weighted by Gasteiger charge is 2.24. The van der Waals surface area contributed by atoms with Crippen molar-refractivity contribution in [2.45, 2.75) is 44.4 Å². The summed E-state index contributed by atoms with van der Waals surface area (Å²) in [5.74, 6) is 1.10. The third-order valence-corrected chi connectivity index (χ3v) is 4.63. The molecule has 0 aliphatic heterocycles. The number of hydrogen-bond acceptors (Lipinski definition) is 2. The molecule has 0 atom stereocenters. The lowest BCUT2D eigenvalue weighted by Crippen LogP contribution is -2.18. The largest absolute Gasteiger partial charge is 0.287 e. The molecule has 0 spiro atoms. The van der Waals surface area contributed by atoms with Crippen LogP contribution in [-0.4, -0.2) is 5.12 Å². The molecular weight excluding hydrogens is 228 g/mol. The minimum Gasteiger partial charge on any atom is -0.287 e. The Balaban J connectivity index is 1.90. The van der Waals surface area contributed by atoms with Crippen molar-refractivity contribution in [3.05, 3.63) is 29.8 Å². The second-order valence-corrected chi connectivity index (χ2v) is 6.27. The van der Waals surface area contributed by atoms with Crippen LogP contribution in [-0.2, 0) is 4.79 Å². The predicted molar refractivity (Wildman–Crippen MR) is 73.2 cm³/mol. The summed E-state index contributed by atoms with van der Waals surface area (Å²) in [4.78, 5) is 13.2. The summed E-state index contributed by atoms with van der Waals surface area (Å²) in [7, 11) is 0. The minimum absolute atomic E-state index is 0.289. The van der Waals surface area contributed by atoms with E-state index >= 15 is 0 Å². The average molecular weight is 248 g/mol. The van der Waals surface area contributed by atoms with Crippen LogP contribution in [0, 0.1) is 18.8 Å². The Bertz CT molecular complexity index is 374. The molecule has 0 amide bonds. The van der Waals surface area contributed by atoms with E-state index < -0.39 is 0 Å². The van der Waals surface area contributed by atoms with Crippen LogP contribution >= 0.6 is 11.8 Å². The molecular formula is C15H20OS. The molecule has 0 unspecified atom stereocenters. The van der Waals surface area contributed by atoms with E-state index in [4.69, 9.17) is 0 Å². The maximum absolute atomic E-state index is 12.1. The van der Waals surface area contributed by atoms with Gasteiger partial charge in [0.25, 0.3) is 0 Å². The lowest BCUT2D eigenvalue weighted by atomic mass is 9.84. The summed E-state index contributed by atoms with van der Waals surface area (Å²) in [6.07, 6.45) is 4.59. The Labute approximate surface area is 108 Å². The van der Waals surface area contributed by atoms with Gasteiger partial charge in [-0.15, -0.1) is 0 Å². The van der Waals surface area contributed by atoms with E-state index in [1.54, 1.807) is 0 Å². The zero-order chi connectivity index (χ0) is 12.3. The summed E-state index contributed by atoms with van der Waals surface area (Å²) in [6, 6.07) is 8.23. The normalized spacial score (nSPS) is 24.6. The van der Waals surface area contributed by atoms with E-state index in [1.807, 2.05) is 12.1 Å². The Hall–Kier alpha value is -0.760. The van der Waals surface area contributed by atoms with Gasteiger partial charge in [-0.25, -0.2) is 0 Å². The molecule has 0 N–H and O–H groups in total. The van der Waals surface area contributed by atoms with Crippen molar-refractivity contribution in [3.63, 3.8) is 0 Å². The van der Waals surface area contributed by atoms with Crippen molar-refractivity contribution in [2.24, 2.45) is 11.8 Å². The molecule has 0 bridgehead atoms. The van der Waals surface area contributed by atoms with Crippen LogP contribution in [0.3, 0.4) is 0 Å². The topological polar surface area (TPSA) is 17.1 Å². The van der Waals surface area contributed by atoms with Crippen LogP contribution in [0.2, 0.25) is 0 Å². The van der Waals surface area contributed by atoms with E-state index in [-0.39, 0.29) is 5.92 Å². The molecule has 1 aromatic rings. The maximum atomic E-state index is 12.1. The van der Waals surface area contributed by atoms with Crippen molar-refractivity contribution in [1.82, 2.24) is 0 Å². The van der Waals surface area contributed by atoms with Gasteiger partial charge in [-0.3, -0.25) is 4.79 Å². The fourth-order valence-electron chi connectivity index (χ4n) is 2.30. The van der Waals surface area contributed by atoms with Gasteiger partial charge in [0.2, 0.25) is 0 Å². The fourth-order valence-corrected chi connectivity index (χ4v) is 3.21. The third kappa shape index (κ3) is 3.60. The number of rotatable bonds is 2. The van der Waals surface area contributed by atoms with Gasteiger partial charge in [0.1, 0.15) is 0 Å². The molecule has 1 saturated carbocycles. The molecule has 1 aliphatic rings. The zero-order valence-electron chi connectivity index (χ0n) is 10.6. The first-order valence-corrected chi connectivity index (χ1v) is 7.25. The zero-order valence-corrected chi connectivity index (χ0v) is 11.4. The first-order chi connectivity index (χ1) is 8.15. The van der Waals surface area contributed by atoms with Gasteiger partial charge in [0.05, 0.1) is 0 Å². The Kier molecular flexibility index (Phi) is 4.27. The van der Waals surface area contributed by atoms with Crippen molar-refractivity contribution in [1.29, 1.82) is 0 Å². The van der Waals surface area contributed by atoms with Crippen molar-refractivity contribution in [3.8, 4) is 0 Å². The number of carbonyl (C=O) groups is 1. The number of thioether (sulfide) groups is 1. The van der Waals surface area contributed by atoms with Gasteiger partial charge >= 0.3 is 0 Å². The highest BCUT2D eigenvalue weighted by Crippen LogP contribution is 2.33. The van der Waals surface area contributed by atoms with Gasteiger partial charge < -0.3 is 0 Å². The molecule has 1 aliphatic carbocycles. The number of carbonyl (C=O) groups excluding carboxylic acids is 1. The Morgan fingerprint density at radius 3 is 2.29 bits per heavy atom. The minimum atomic E-state index is 0.289. The van der Waals surface area contributed by atoms with Crippen LogP contribution in [0.4, 0.5) is 0 Å². The second kappa shape index (κ2) is 5.72. The Morgan fingerprint density at radius 1 is 1.12 bits per heavy atom. The molecule has 0 aromatic heterocycles. The van der Waals surface area contributed by atoms with Crippen molar-refractivity contribution in [2.75, 3.05) is 0 Å². The van der Waals surface area contributed by atoms with E-state index in [0.717, 1.165) is 23.7 Å². The lowest BCUT2D eigenvalue weighted by molar-refractivity contribution is -0.115. The van der Waals surface area contributed by atoms with E-state index in [2.05, 4.69) is 26.0 Å². The summed E-state index contributed by atoms with van der Waals surface area (Å²) < 4.78 is 0. The summed E-state index contributed by atoms with van der Waals surface area (Å²) in [5.41, 5.74) is 1.24. The molecule has 1 nitrogen and oxygen atoms in total. The van der Waals surface area contributed by atoms with E-state index in [0.29, 0.717) is 5.12 Å². The van der Waals surface area contributed by atoms with Gasteiger partial charge in [-0.1, -0.05) is 36.4 Å². The lowest BCUT2D eigenvalue weighted by Gasteiger charge is -2.24. The highest BCUT2D eigenvalue weighted by molar-refractivity contribution is 8.13. The standard InChI is InChI=1S/C15H20OS/c1-11-3-7-13(8-4-11)15(16)17-14-9-5-12(2)6-10-14/h5-6,9-11,13H,3-4,7-8H2,1-2H3. The van der Waals surface area contributed by atoms with Gasteiger partial charge in [0.15, 0.2) is 5.12 Å². The van der Waals surface area contributed by atoms with Crippen LogP contribution < -0.4 is 0 Å². The summed E-state index contributed by atoms with van der Waals surface area (Å²) >= 11 is 1.42. The van der Waals surface area contributed by atoms with Crippen molar-refractivity contribution < 1.29 is 4.79 Å². The number of hydrogen-bond donors (Lipinski definition) is 0. The molecule has 17 heavy (non-hydrogen) atoms. The SMILES string of the molecule is Cc1ccc(SC(=O)C2CCC(C)CC2)cc1. The smallest absolute Gasteiger partial charge is 0.196 e.